The van der Waals surface area contributed by atoms with Crippen LogP contribution in [0.4, 0.5) is 0 Å². The highest BCUT2D eigenvalue weighted by molar-refractivity contribution is 8.00. The Labute approximate surface area is 72.3 Å². The minimum atomic E-state index is 0.0567. The lowest BCUT2D eigenvalue weighted by Gasteiger charge is -2.23. The zero-order chi connectivity index (χ0) is 7.61. The van der Waals surface area contributed by atoms with E-state index in [4.69, 9.17) is 4.74 Å². The summed E-state index contributed by atoms with van der Waals surface area (Å²) in [4.78, 5) is 0.0567. The molecular weight excluding hydrogens is 164 g/mol. The van der Waals surface area contributed by atoms with Crippen LogP contribution in [0, 0.1) is 0 Å². The van der Waals surface area contributed by atoms with Crippen LogP contribution in [0.15, 0.2) is 0 Å². The molecule has 3 heteroatoms. The van der Waals surface area contributed by atoms with Crippen LogP contribution in [-0.2, 0) is 4.74 Å². The van der Waals surface area contributed by atoms with Crippen LogP contribution in [0.5, 0.6) is 0 Å². The Hall–Kier alpha value is 0.660. The number of ether oxygens (including phenoxy) is 1. The maximum atomic E-state index is 5.57. The van der Waals surface area contributed by atoms with E-state index in [1.54, 1.807) is 0 Å². The van der Waals surface area contributed by atoms with Crippen molar-refractivity contribution in [2.75, 3.05) is 12.4 Å². The molecule has 0 radical (unpaired) electrons. The summed E-state index contributed by atoms with van der Waals surface area (Å²) in [6, 6.07) is 0. The van der Waals surface area contributed by atoms with Gasteiger partial charge in [0.2, 0.25) is 0 Å². The molecule has 0 spiro atoms. The van der Waals surface area contributed by atoms with Crippen molar-refractivity contribution >= 4 is 24.4 Å². The van der Waals surface area contributed by atoms with Gasteiger partial charge in [-0.1, -0.05) is 6.92 Å². The van der Waals surface area contributed by atoms with Gasteiger partial charge in [0.25, 0.3) is 0 Å². The summed E-state index contributed by atoms with van der Waals surface area (Å²) in [7, 11) is 0. The molecule has 0 aromatic heterocycles. The second-order valence-corrected chi connectivity index (χ2v) is 5.33. The molecule has 0 aromatic rings. The summed E-state index contributed by atoms with van der Waals surface area (Å²) >= 11 is 6.24. The molecule has 0 saturated carbocycles. The van der Waals surface area contributed by atoms with Crippen molar-refractivity contribution in [1.29, 1.82) is 0 Å². The molecule has 0 amide bonds. The standard InChI is InChI=1S/C7H14OS2/c1-6(9)5-7(2)8-3-4-10-7/h6,9H,3-5H2,1-2H3. The van der Waals surface area contributed by atoms with Gasteiger partial charge in [0.15, 0.2) is 0 Å². The third-order valence-electron chi connectivity index (χ3n) is 1.56. The maximum Gasteiger partial charge on any atom is 0.112 e. The van der Waals surface area contributed by atoms with Gasteiger partial charge in [-0.05, 0) is 13.3 Å². The van der Waals surface area contributed by atoms with Gasteiger partial charge >= 0.3 is 0 Å². The second-order valence-electron chi connectivity index (χ2n) is 2.88. The van der Waals surface area contributed by atoms with Gasteiger partial charge in [0.1, 0.15) is 4.93 Å². The second kappa shape index (κ2) is 3.37. The van der Waals surface area contributed by atoms with E-state index in [2.05, 4.69) is 26.5 Å². The number of hydrogen-bond acceptors (Lipinski definition) is 3. The van der Waals surface area contributed by atoms with Crippen LogP contribution in [0.3, 0.4) is 0 Å². The van der Waals surface area contributed by atoms with Crippen molar-refractivity contribution in [3.63, 3.8) is 0 Å². The van der Waals surface area contributed by atoms with Crippen molar-refractivity contribution in [2.45, 2.75) is 30.5 Å². The Kier molecular flexibility index (Phi) is 2.95. The van der Waals surface area contributed by atoms with Crippen LogP contribution >= 0.6 is 24.4 Å². The summed E-state index contributed by atoms with van der Waals surface area (Å²) < 4.78 is 5.57. The molecule has 60 valence electrons. The topological polar surface area (TPSA) is 9.23 Å². The van der Waals surface area contributed by atoms with Crippen molar-refractivity contribution < 1.29 is 4.74 Å². The van der Waals surface area contributed by atoms with Crippen molar-refractivity contribution in [1.82, 2.24) is 0 Å². The van der Waals surface area contributed by atoms with Gasteiger partial charge in [-0.2, -0.15) is 12.6 Å². The van der Waals surface area contributed by atoms with Crippen LogP contribution < -0.4 is 0 Å². The highest BCUT2D eigenvalue weighted by atomic mass is 32.2. The van der Waals surface area contributed by atoms with Crippen molar-refractivity contribution in [3.05, 3.63) is 0 Å². The first-order chi connectivity index (χ1) is 4.62. The summed E-state index contributed by atoms with van der Waals surface area (Å²) in [5.41, 5.74) is 0. The third kappa shape index (κ3) is 2.36. The predicted octanol–water partition coefficient (Wildman–Crippen LogP) is 2.17. The molecule has 0 bridgehead atoms. The third-order valence-corrected chi connectivity index (χ3v) is 3.01. The predicted molar refractivity (Wildman–Crippen MR) is 49.9 cm³/mol. The summed E-state index contributed by atoms with van der Waals surface area (Å²) in [6.45, 7) is 5.16. The van der Waals surface area contributed by atoms with E-state index in [9.17, 15) is 0 Å². The van der Waals surface area contributed by atoms with Gasteiger partial charge in [-0.25, -0.2) is 0 Å². The van der Waals surface area contributed by atoms with Crippen LogP contribution in [0.25, 0.3) is 0 Å². The van der Waals surface area contributed by atoms with Crippen LogP contribution in [-0.4, -0.2) is 22.5 Å². The van der Waals surface area contributed by atoms with E-state index >= 15 is 0 Å². The monoisotopic (exact) mass is 178 g/mol. The first kappa shape index (κ1) is 8.75. The smallest absolute Gasteiger partial charge is 0.112 e. The van der Waals surface area contributed by atoms with Gasteiger partial charge in [0.05, 0.1) is 6.61 Å². The Bertz CT molecular complexity index is 108. The molecule has 0 N–H and O–H groups in total. The van der Waals surface area contributed by atoms with Gasteiger partial charge in [-0.3, -0.25) is 0 Å². The lowest BCUT2D eigenvalue weighted by Crippen LogP contribution is -2.22. The molecule has 1 aliphatic heterocycles. The summed E-state index contributed by atoms with van der Waals surface area (Å²) in [5, 5.41) is 0.440. The number of hydrogen-bond donors (Lipinski definition) is 1. The highest BCUT2D eigenvalue weighted by Crippen LogP contribution is 2.36. The molecule has 1 aliphatic rings. The van der Waals surface area contributed by atoms with E-state index in [1.807, 2.05) is 11.8 Å². The van der Waals surface area contributed by atoms with Gasteiger partial charge in [0, 0.05) is 11.0 Å². The Morgan fingerprint density at radius 3 is 2.90 bits per heavy atom. The fourth-order valence-corrected chi connectivity index (χ4v) is 2.82. The maximum absolute atomic E-state index is 5.57. The first-order valence-electron chi connectivity index (χ1n) is 3.58. The molecule has 1 fully saturated rings. The lowest BCUT2D eigenvalue weighted by molar-refractivity contribution is 0.0602. The fourth-order valence-electron chi connectivity index (χ4n) is 1.21. The van der Waals surface area contributed by atoms with E-state index in [0.717, 1.165) is 18.8 Å². The highest BCUT2D eigenvalue weighted by Gasteiger charge is 2.31. The molecule has 10 heavy (non-hydrogen) atoms. The SMILES string of the molecule is CC(S)CC1(C)OCCS1. The number of rotatable bonds is 2. The lowest BCUT2D eigenvalue weighted by atomic mass is 10.2. The minimum absolute atomic E-state index is 0.0567. The largest absolute Gasteiger partial charge is 0.364 e. The number of thiol groups is 1. The molecule has 0 aromatic carbocycles. The van der Waals surface area contributed by atoms with Gasteiger partial charge < -0.3 is 4.74 Å². The Morgan fingerprint density at radius 1 is 1.80 bits per heavy atom. The molecule has 2 unspecified atom stereocenters. The molecule has 2 atom stereocenters. The minimum Gasteiger partial charge on any atom is -0.364 e. The van der Waals surface area contributed by atoms with Gasteiger partial charge in [-0.15, -0.1) is 11.8 Å². The normalized spacial score (nSPS) is 36.3. The Morgan fingerprint density at radius 2 is 2.50 bits per heavy atom. The summed E-state index contributed by atoms with van der Waals surface area (Å²) in [6.07, 6.45) is 1.04. The van der Waals surface area contributed by atoms with E-state index < -0.39 is 0 Å². The molecule has 0 aliphatic carbocycles. The average molecular weight is 178 g/mol. The fraction of sp³-hybridized carbons (Fsp3) is 1.00. The first-order valence-corrected chi connectivity index (χ1v) is 5.08. The van der Waals surface area contributed by atoms with Crippen molar-refractivity contribution in [3.8, 4) is 0 Å². The zero-order valence-electron chi connectivity index (χ0n) is 6.46. The zero-order valence-corrected chi connectivity index (χ0v) is 8.17. The van der Waals surface area contributed by atoms with Crippen molar-refractivity contribution in [2.24, 2.45) is 0 Å². The molecule has 1 saturated heterocycles. The van der Waals surface area contributed by atoms with E-state index in [-0.39, 0.29) is 4.93 Å². The molecule has 1 rings (SSSR count). The van der Waals surface area contributed by atoms with E-state index in [1.165, 1.54) is 0 Å². The van der Waals surface area contributed by atoms with E-state index in [0.29, 0.717) is 5.25 Å². The Balaban J connectivity index is 2.36. The average Bonchev–Trinajstić information content (AvgIpc) is 2.12. The number of thioether (sulfide) groups is 1. The molecule has 1 nitrogen and oxygen atoms in total. The van der Waals surface area contributed by atoms with Crippen LogP contribution in [0.2, 0.25) is 0 Å². The summed E-state index contributed by atoms with van der Waals surface area (Å²) in [5.74, 6) is 1.14. The molecular formula is C7H14OS2. The quantitative estimate of drug-likeness (QED) is 0.649. The molecule has 1 heterocycles. The van der Waals surface area contributed by atoms with Crippen LogP contribution in [0.1, 0.15) is 20.3 Å².